The number of H-pyrrole nitrogens is 1. The number of aromatic amines is 1. The first-order valence-electron chi connectivity index (χ1n) is 5.62. The molecule has 0 fully saturated rings. The average molecular weight is 274 g/mol. The van der Waals surface area contributed by atoms with Crippen molar-refractivity contribution in [3.63, 3.8) is 0 Å². The summed E-state index contributed by atoms with van der Waals surface area (Å²) in [6, 6.07) is 1.17. The second-order valence-electron chi connectivity index (χ2n) is 4.64. The lowest BCUT2D eigenvalue weighted by molar-refractivity contribution is 0.0293. The maximum atomic E-state index is 11.7. The first-order valence-corrected chi connectivity index (χ1v) is 7.17. The Labute approximate surface area is 107 Å². The van der Waals surface area contributed by atoms with E-state index in [4.69, 9.17) is 9.88 Å². The fourth-order valence-corrected chi connectivity index (χ4v) is 2.12. The van der Waals surface area contributed by atoms with Gasteiger partial charge in [0.2, 0.25) is 10.0 Å². The van der Waals surface area contributed by atoms with E-state index in [1.807, 2.05) is 13.8 Å². The number of esters is 1. The fourth-order valence-electron chi connectivity index (χ4n) is 1.61. The topological polar surface area (TPSA) is 102 Å². The number of primary sulfonamides is 1. The highest BCUT2D eigenvalue weighted by Crippen LogP contribution is 2.13. The Morgan fingerprint density at radius 3 is 2.50 bits per heavy atom. The second-order valence-corrected chi connectivity index (χ2v) is 6.20. The van der Waals surface area contributed by atoms with E-state index in [-0.39, 0.29) is 16.7 Å². The van der Waals surface area contributed by atoms with Crippen molar-refractivity contribution in [2.24, 2.45) is 11.1 Å². The molecule has 7 heteroatoms. The lowest BCUT2D eigenvalue weighted by atomic mass is 10.1. The van der Waals surface area contributed by atoms with Gasteiger partial charge >= 0.3 is 5.97 Å². The predicted octanol–water partition coefficient (Wildman–Crippen LogP) is 1.25. The van der Waals surface area contributed by atoms with Gasteiger partial charge in [0.15, 0.2) is 0 Å². The summed E-state index contributed by atoms with van der Waals surface area (Å²) in [5.74, 6) is -0.172. The van der Waals surface area contributed by atoms with Gasteiger partial charge in [-0.25, -0.2) is 18.4 Å². The summed E-state index contributed by atoms with van der Waals surface area (Å²) < 4.78 is 27.3. The van der Waals surface area contributed by atoms with Gasteiger partial charge in [0.1, 0.15) is 10.6 Å². The van der Waals surface area contributed by atoms with Gasteiger partial charge in [0.25, 0.3) is 0 Å². The number of hydrogen-bond acceptors (Lipinski definition) is 4. The van der Waals surface area contributed by atoms with E-state index in [1.54, 1.807) is 6.92 Å². The Morgan fingerprint density at radius 2 is 2.06 bits per heavy atom. The Morgan fingerprint density at radius 1 is 1.44 bits per heavy atom. The van der Waals surface area contributed by atoms with Crippen LogP contribution in [0.5, 0.6) is 0 Å². The van der Waals surface area contributed by atoms with Crippen LogP contribution in [-0.2, 0) is 14.8 Å². The van der Waals surface area contributed by atoms with Crippen LogP contribution >= 0.6 is 0 Å². The molecule has 0 radical (unpaired) electrons. The number of sulfonamides is 1. The van der Waals surface area contributed by atoms with Crippen LogP contribution in [0.2, 0.25) is 0 Å². The van der Waals surface area contributed by atoms with Crippen LogP contribution in [0.3, 0.4) is 0 Å². The van der Waals surface area contributed by atoms with Crippen molar-refractivity contribution >= 4 is 16.0 Å². The Hall–Kier alpha value is -1.34. The largest absolute Gasteiger partial charge is 0.458 e. The molecular formula is C11H18N2O4S. The summed E-state index contributed by atoms with van der Waals surface area (Å²) in [7, 11) is -3.80. The summed E-state index contributed by atoms with van der Waals surface area (Å²) in [6.07, 6.45) is 1.69. The first kappa shape index (κ1) is 14.7. The number of carbonyl (C=O) groups is 1. The van der Waals surface area contributed by atoms with Crippen molar-refractivity contribution in [2.45, 2.75) is 38.2 Å². The van der Waals surface area contributed by atoms with Gasteiger partial charge in [-0.2, -0.15) is 0 Å². The number of carbonyl (C=O) groups excluding carboxylic acids is 1. The summed E-state index contributed by atoms with van der Waals surface area (Å²) >= 11 is 0. The van der Waals surface area contributed by atoms with E-state index in [2.05, 4.69) is 4.98 Å². The molecule has 0 saturated carbocycles. The SMILES string of the molecule is CC(C)CC(C)OC(=O)c1cc(S(N)(=O)=O)c[nH]1. The number of ether oxygens (including phenoxy) is 1. The standard InChI is InChI=1S/C11H18N2O4S/c1-7(2)4-8(3)17-11(14)10-5-9(6-13-10)18(12,15)16/h5-8,13H,4H2,1-3H3,(H2,12,15,16). The molecule has 1 unspecified atom stereocenters. The van der Waals surface area contributed by atoms with E-state index >= 15 is 0 Å². The molecule has 0 amide bonds. The highest BCUT2D eigenvalue weighted by atomic mass is 32.2. The zero-order valence-corrected chi connectivity index (χ0v) is 11.5. The van der Waals surface area contributed by atoms with Crippen molar-refractivity contribution in [2.75, 3.05) is 0 Å². The van der Waals surface area contributed by atoms with E-state index in [0.717, 1.165) is 6.42 Å². The third-order valence-electron chi connectivity index (χ3n) is 2.32. The summed E-state index contributed by atoms with van der Waals surface area (Å²) in [6.45, 7) is 5.84. The van der Waals surface area contributed by atoms with Gasteiger partial charge in [0, 0.05) is 6.20 Å². The Balaban J connectivity index is 2.71. The Kier molecular flexibility index (Phi) is 4.53. The van der Waals surface area contributed by atoms with Gasteiger partial charge in [-0.05, 0) is 25.3 Å². The number of aromatic nitrogens is 1. The molecule has 1 aromatic rings. The normalized spacial score (nSPS) is 13.6. The molecule has 102 valence electrons. The van der Waals surface area contributed by atoms with Crippen molar-refractivity contribution in [3.05, 3.63) is 18.0 Å². The summed E-state index contributed by atoms with van der Waals surface area (Å²) in [5, 5.41) is 4.94. The minimum atomic E-state index is -3.80. The molecule has 0 aliphatic carbocycles. The maximum Gasteiger partial charge on any atom is 0.355 e. The van der Waals surface area contributed by atoms with Gasteiger partial charge in [0.05, 0.1) is 6.10 Å². The molecule has 0 aromatic carbocycles. The van der Waals surface area contributed by atoms with Gasteiger partial charge in [-0.1, -0.05) is 13.8 Å². The van der Waals surface area contributed by atoms with Gasteiger partial charge in [-0.15, -0.1) is 0 Å². The quantitative estimate of drug-likeness (QED) is 0.789. The third kappa shape index (κ3) is 4.15. The fraction of sp³-hybridized carbons (Fsp3) is 0.545. The summed E-state index contributed by atoms with van der Waals surface area (Å²) in [4.78, 5) is 14.1. The zero-order valence-electron chi connectivity index (χ0n) is 10.6. The van der Waals surface area contributed by atoms with Crippen LogP contribution in [0.4, 0.5) is 0 Å². The average Bonchev–Trinajstić information content (AvgIpc) is 2.63. The molecule has 0 saturated heterocycles. The number of nitrogens with two attached hydrogens (primary N) is 1. The van der Waals surface area contributed by atoms with Crippen LogP contribution in [0.1, 0.15) is 37.7 Å². The van der Waals surface area contributed by atoms with Gasteiger partial charge < -0.3 is 9.72 Å². The molecule has 0 aliphatic heterocycles. The molecule has 3 N–H and O–H groups in total. The van der Waals surface area contributed by atoms with Crippen molar-refractivity contribution in [1.29, 1.82) is 0 Å². The first-order chi connectivity index (χ1) is 8.20. The van der Waals surface area contributed by atoms with Crippen molar-refractivity contribution in [3.8, 4) is 0 Å². The zero-order chi connectivity index (χ0) is 13.9. The highest BCUT2D eigenvalue weighted by molar-refractivity contribution is 7.89. The van der Waals surface area contributed by atoms with Crippen LogP contribution in [0, 0.1) is 5.92 Å². The molecule has 1 aromatic heterocycles. The van der Waals surface area contributed by atoms with E-state index in [9.17, 15) is 13.2 Å². The molecule has 1 heterocycles. The molecule has 0 bridgehead atoms. The summed E-state index contributed by atoms with van der Waals surface area (Å²) in [5.41, 5.74) is 0.0784. The van der Waals surface area contributed by atoms with E-state index in [1.165, 1.54) is 12.3 Å². The smallest absolute Gasteiger partial charge is 0.355 e. The van der Waals surface area contributed by atoms with Crippen LogP contribution < -0.4 is 5.14 Å². The second kappa shape index (κ2) is 5.53. The monoisotopic (exact) mass is 274 g/mol. The molecule has 0 spiro atoms. The van der Waals surface area contributed by atoms with Crippen LogP contribution in [0.25, 0.3) is 0 Å². The lowest BCUT2D eigenvalue weighted by Crippen LogP contribution is -2.17. The number of rotatable bonds is 5. The van der Waals surface area contributed by atoms with Crippen molar-refractivity contribution in [1.82, 2.24) is 4.98 Å². The minimum Gasteiger partial charge on any atom is -0.458 e. The Bertz CT molecular complexity index is 519. The third-order valence-corrected chi connectivity index (χ3v) is 3.21. The maximum absolute atomic E-state index is 11.7. The highest BCUT2D eigenvalue weighted by Gasteiger charge is 2.18. The minimum absolute atomic E-state index is 0.0784. The molecule has 6 nitrogen and oxygen atoms in total. The van der Waals surface area contributed by atoms with Gasteiger partial charge in [-0.3, -0.25) is 0 Å². The molecule has 18 heavy (non-hydrogen) atoms. The van der Waals surface area contributed by atoms with E-state index < -0.39 is 16.0 Å². The number of nitrogens with one attached hydrogen (secondary N) is 1. The molecule has 1 atom stereocenters. The molecule has 0 aliphatic rings. The van der Waals surface area contributed by atoms with E-state index in [0.29, 0.717) is 5.92 Å². The van der Waals surface area contributed by atoms with Crippen LogP contribution in [0.15, 0.2) is 17.2 Å². The van der Waals surface area contributed by atoms with Crippen LogP contribution in [-0.4, -0.2) is 25.5 Å². The molecule has 1 rings (SSSR count). The lowest BCUT2D eigenvalue weighted by Gasteiger charge is -2.14. The number of hydrogen-bond donors (Lipinski definition) is 2. The molecular weight excluding hydrogens is 256 g/mol. The predicted molar refractivity (Wildman–Crippen MR) is 66.5 cm³/mol. The van der Waals surface area contributed by atoms with Crippen molar-refractivity contribution < 1.29 is 17.9 Å².